The molecule has 0 aromatic carbocycles. The van der Waals surface area contributed by atoms with Crippen molar-refractivity contribution in [1.82, 2.24) is 10.2 Å². The second-order valence-corrected chi connectivity index (χ2v) is 4.26. The van der Waals surface area contributed by atoms with Gasteiger partial charge in [-0.05, 0) is 7.05 Å². The molecule has 1 N–H and O–H groups in total. The summed E-state index contributed by atoms with van der Waals surface area (Å²) in [5.74, 6) is 0. The van der Waals surface area contributed by atoms with Crippen LogP contribution in [0.25, 0.3) is 0 Å². The van der Waals surface area contributed by atoms with E-state index in [1.165, 1.54) is 0 Å². The summed E-state index contributed by atoms with van der Waals surface area (Å²) in [6.45, 7) is 7.86. The van der Waals surface area contributed by atoms with Gasteiger partial charge in [-0.1, -0.05) is 0 Å². The molecule has 0 unspecified atom stereocenters. The minimum Gasteiger partial charge on any atom is -0.383 e. The molecule has 0 bridgehead atoms. The minimum absolute atomic E-state index is 0.631. The standard InChI is InChI=1S/C13H30N2O4/c1-15(6-4-14-5-8-16-2)7-9-18-12-13-19-11-10-17-3/h14H,4-13H2,1-3H3. The number of likely N-dealkylation sites (N-methyl/N-ethyl adjacent to an activating group) is 1. The van der Waals surface area contributed by atoms with Crippen molar-refractivity contribution in [3.8, 4) is 0 Å². The molecule has 0 heterocycles. The van der Waals surface area contributed by atoms with Crippen LogP contribution in [0.4, 0.5) is 0 Å². The van der Waals surface area contributed by atoms with E-state index in [2.05, 4.69) is 17.3 Å². The lowest BCUT2D eigenvalue weighted by Crippen LogP contribution is -2.33. The summed E-state index contributed by atoms with van der Waals surface area (Å²) in [6.07, 6.45) is 0. The number of nitrogens with one attached hydrogen (secondary N) is 1. The molecule has 0 spiro atoms. The average molecular weight is 278 g/mol. The van der Waals surface area contributed by atoms with E-state index in [1.807, 2.05) is 0 Å². The van der Waals surface area contributed by atoms with Gasteiger partial charge in [0.1, 0.15) is 0 Å². The summed E-state index contributed by atoms with van der Waals surface area (Å²) in [4.78, 5) is 2.24. The Morgan fingerprint density at radius 3 is 2.05 bits per heavy atom. The molecule has 0 radical (unpaired) electrons. The molecule has 0 atom stereocenters. The first-order chi connectivity index (χ1) is 9.31. The van der Waals surface area contributed by atoms with Crippen LogP contribution in [0, 0.1) is 0 Å². The van der Waals surface area contributed by atoms with Crippen LogP contribution in [0.15, 0.2) is 0 Å². The zero-order valence-corrected chi connectivity index (χ0v) is 12.7. The van der Waals surface area contributed by atoms with Crippen molar-refractivity contribution in [3.63, 3.8) is 0 Å². The third kappa shape index (κ3) is 15.7. The van der Waals surface area contributed by atoms with Gasteiger partial charge < -0.3 is 29.2 Å². The molecule has 6 nitrogen and oxygen atoms in total. The van der Waals surface area contributed by atoms with Gasteiger partial charge in [-0.2, -0.15) is 0 Å². The highest BCUT2D eigenvalue weighted by molar-refractivity contribution is 4.54. The highest BCUT2D eigenvalue weighted by atomic mass is 16.5. The van der Waals surface area contributed by atoms with Crippen LogP contribution in [0.1, 0.15) is 0 Å². The quantitative estimate of drug-likeness (QED) is 0.420. The third-order valence-electron chi connectivity index (χ3n) is 2.57. The van der Waals surface area contributed by atoms with Crippen molar-refractivity contribution < 1.29 is 18.9 Å². The van der Waals surface area contributed by atoms with E-state index >= 15 is 0 Å². The van der Waals surface area contributed by atoms with Gasteiger partial charge >= 0.3 is 0 Å². The monoisotopic (exact) mass is 278 g/mol. The van der Waals surface area contributed by atoms with Crippen molar-refractivity contribution >= 4 is 0 Å². The predicted octanol–water partition coefficient (Wildman–Crippen LogP) is -0.166. The van der Waals surface area contributed by atoms with Crippen LogP contribution in [0.5, 0.6) is 0 Å². The Kier molecular flexibility index (Phi) is 15.6. The van der Waals surface area contributed by atoms with Crippen molar-refractivity contribution in [3.05, 3.63) is 0 Å². The normalized spacial score (nSPS) is 11.4. The summed E-state index contributed by atoms with van der Waals surface area (Å²) in [5, 5.41) is 3.31. The Labute approximate surface area is 117 Å². The van der Waals surface area contributed by atoms with Crippen LogP contribution in [0.2, 0.25) is 0 Å². The van der Waals surface area contributed by atoms with Gasteiger partial charge in [0.05, 0.1) is 39.6 Å². The third-order valence-corrected chi connectivity index (χ3v) is 2.57. The van der Waals surface area contributed by atoms with Gasteiger partial charge in [-0.15, -0.1) is 0 Å². The highest BCUT2D eigenvalue weighted by Crippen LogP contribution is 1.84. The summed E-state index contributed by atoms with van der Waals surface area (Å²) in [7, 11) is 5.47. The van der Waals surface area contributed by atoms with Gasteiger partial charge in [0.15, 0.2) is 0 Å². The maximum atomic E-state index is 5.48. The molecule has 0 aromatic rings. The largest absolute Gasteiger partial charge is 0.383 e. The van der Waals surface area contributed by atoms with E-state index in [0.717, 1.165) is 39.4 Å². The molecule has 0 aliphatic carbocycles. The summed E-state index contributed by atoms with van der Waals surface area (Å²) < 4.78 is 20.6. The van der Waals surface area contributed by atoms with Crippen LogP contribution in [0.3, 0.4) is 0 Å². The maximum absolute atomic E-state index is 5.48. The zero-order chi connectivity index (χ0) is 14.2. The lowest BCUT2D eigenvalue weighted by molar-refractivity contribution is 0.0209. The first-order valence-electron chi connectivity index (χ1n) is 6.84. The first kappa shape index (κ1) is 18.8. The van der Waals surface area contributed by atoms with Crippen LogP contribution >= 0.6 is 0 Å². The predicted molar refractivity (Wildman–Crippen MR) is 75.8 cm³/mol. The van der Waals surface area contributed by atoms with E-state index in [0.29, 0.717) is 26.4 Å². The molecule has 6 heteroatoms. The van der Waals surface area contributed by atoms with E-state index in [9.17, 15) is 0 Å². The van der Waals surface area contributed by atoms with Crippen LogP contribution in [-0.4, -0.2) is 92.0 Å². The molecule has 0 saturated heterocycles. The van der Waals surface area contributed by atoms with Crippen LogP contribution in [-0.2, 0) is 18.9 Å². The van der Waals surface area contributed by atoms with Gasteiger partial charge in [0, 0.05) is 40.4 Å². The van der Waals surface area contributed by atoms with Gasteiger partial charge in [-0.3, -0.25) is 0 Å². The summed E-state index contributed by atoms with van der Waals surface area (Å²) in [5.41, 5.74) is 0. The number of hydrogen-bond acceptors (Lipinski definition) is 6. The molecule has 0 fully saturated rings. The van der Waals surface area contributed by atoms with Crippen molar-refractivity contribution in [2.75, 3.05) is 87.1 Å². The van der Waals surface area contributed by atoms with Gasteiger partial charge in [-0.25, -0.2) is 0 Å². The molecular weight excluding hydrogens is 248 g/mol. The van der Waals surface area contributed by atoms with Gasteiger partial charge in [0.2, 0.25) is 0 Å². The highest BCUT2D eigenvalue weighted by Gasteiger charge is 1.98. The average Bonchev–Trinajstić information content (AvgIpc) is 2.41. The fourth-order valence-electron chi connectivity index (χ4n) is 1.37. The molecule has 0 aromatic heterocycles. The fraction of sp³-hybridized carbons (Fsp3) is 1.00. The zero-order valence-electron chi connectivity index (χ0n) is 12.7. The van der Waals surface area contributed by atoms with Gasteiger partial charge in [0.25, 0.3) is 0 Å². The lowest BCUT2D eigenvalue weighted by Gasteiger charge is -2.16. The second-order valence-electron chi connectivity index (χ2n) is 4.26. The fourth-order valence-corrected chi connectivity index (χ4v) is 1.37. The van der Waals surface area contributed by atoms with Crippen LogP contribution < -0.4 is 5.32 Å². The second kappa shape index (κ2) is 15.8. The molecule has 0 aliphatic rings. The van der Waals surface area contributed by atoms with E-state index in [4.69, 9.17) is 18.9 Å². The number of methoxy groups -OCH3 is 2. The molecule has 0 aliphatic heterocycles. The Morgan fingerprint density at radius 1 is 0.737 bits per heavy atom. The molecule has 0 saturated carbocycles. The van der Waals surface area contributed by atoms with E-state index < -0.39 is 0 Å². The Bertz CT molecular complexity index is 173. The molecule has 0 rings (SSSR count). The first-order valence-corrected chi connectivity index (χ1v) is 6.84. The molecule has 116 valence electrons. The molecular formula is C13H30N2O4. The SMILES string of the molecule is COCCNCCN(C)CCOCCOCCOC. The Hall–Kier alpha value is -0.240. The Morgan fingerprint density at radius 2 is 1.37 bits per heavy atom. The smallest absolute Gasteiger partial charge is 0.0701 e. The summed E-state index contributed by atoms with van der Waals surface area (Å²) in [6, 6.07) is 0. The van der Waals surface area contributed by atoms with Crippen molar-refractivity contribution in [1.29, 1.82) is 0 Å². The number of hydrogen-bond donors (Lipinski definition) is 1. The number of nitrogens with zero attached hydrogens (tertiary/aromatic N) is 1. The number of ether oxygens (including phenoxy) is 4. The number of rotatable bonds is 15. The van der Waals surface area contributed by atoms with Crippen molar-refractivity contribution in [2.45, 2.75) is 0 Å². The van der Waals surface area contributed by atoms with Crippen molar-refractivity contribution in [2.24, 2.45) is 0 Å². The topological polar surface area (TPSA) is 52.2 Å². The van der Waals surface area contributed by atoms with E-state index in [-0.39, 0.29) is 0 Å². The Balaban J connectivity index is 3.09. The minimum atomic E-state index is 0.631. The maximum Gasteiger partial charge on any atom is 0.0701 e. The summed E-state index contributed by atoms with van der Waals surface area (Å²) >= 11 is 0. The molecule has 0 amide bonds. The molecule has 19 heavy (non-hydrogen) atoms. The van der Waals surface area contributed by atoms with E-state index in [1.54, 1.807) is 14.2 Å². The lowest BCUT2D eigenvalue weighted by atomic mass is 10.5.